The Morgan fingerprint density at radius 2 is 1.79 bits per heavy atom. The summed E-state index contributed by atoms with van der Waals surface area (Å²) in [6, 6.07) is 16.6. The van der Waals surface area contributed by atoms with Gasteiger partial charge in [0.1, 0.15) is 18.1 Å². The fourth-order valence-corrected chi connectivity index (χ4v) is 3.13. The highest BCUT2D eigenvalue weighted by Gasteiger charge is 2.07. The molecule has 0 aliphatic heterocycles. The molecular formula is C24H34N2O2. The van der Waals surface area contributed by atoms with Gasteiger partial charge in [-0.3, -0.25) is 4.99 Å². The van der Waals surface area contributed by atoms with E-state index in [-0.39, 0.29) is 0 Å². The first-order valence-electron chi connectivity index (χ1n) is 10.3. The summed E-state index contributed by atoms with van der Waals surface area (Å²) in [6.07, 6.45) is 3.27. The largest absolute Gasteiger partial charge is 0.497 e. The van der Waals surface area contributed by atoms with Crippen molar-refractivity contribution < 1.29 is 9.47 Å². The van der Waals surface area contributed by atoms with Gasteiger partial charge in [-0.2, -0.15) is 0 Å². The number of nitrogens with zero attached hydrogens (tertiary/aromatic N) is 2. The van der Waals surface area contributed by atoms with Crippen LogP contribution in [0.3, 0.4) is 0 Å². The molecule has 0 amide bonds. The van der Waals surface area contributed by atoms with Gasteiger partial charge in [0, 0.05) is 30.6 Å². The van der Waals surface area contributed by atoms with Crippen molar-refractivity contribution in [3.8, 4) is 11.5 Å². The number of rotatable bonds is 12. The van der Waals surface area contributed by atoms with Crippen LogP contribution < -0.4 is 14.4 Å². The minimum absolute atomic E-state index is 0.622. The SMILES string of the molecule is CCCC(CC)=NCCOc1ccc(CN(CC)c2cccc(OC)c2)cc1. The molecule has 2 rings (SSSR count). The van der Waals surface area contributed by atoms with Crippen molar-refractivity contribution in [3.63, 3.8) is 0 Å². The van der Waals surface area contributed by atoms with Gasteiger partial charge in [-0.1, -0.05) is 38.5 Å². The fourth-order valence-electron chi connectivity index (χ4n) is 3.13. The number of benzene rings is 2. The monoisotopic (exact) mass is 382 g/mol. The van der Waals surface area contributed by atoms with Gasteiger partial charge >= 0.3 is 0 Å². The molecule has 2 aromatic rings. The predicted octanol–water partition coefficient (Wildman–Crippen LogP) is 5.75. The van der Waals surface area contributed by atoms with Gasteiger partial charge in [-0.25, -0.2) is 0 Å². The van der Waals surface area contributed by atoms with E-state index in [9.17, 15) is 0 Å². The molecule has 0 aliphatic carbocycles. The van der Waals surface area contributed by atoms with E-state index >= 15 is 0 Å². The molecule has 0 aromatic heterocycles. The summed E-state index contributed by atoms with van der Waals surface area (Å²) in [5, 5.41) is 0. The summed E-state index contributed by atoms with van der Waals surface area (Å²) in [6.45, 7) is 9.66. The lowest BCUT2D eigenvalue weighted by atomic mass is 10.2. The molecule has 0 N–H and O–H groups in total. The molecule has 0 atom stereocenters. The maximum atomic E-state index is 5.84. The molecule has 28 heavy (non-hydrogen) atoms. The minimum Gasteiger partial charge on any atom is -0.497 e. The van der Waals surface area contributed by atoms with Crippen molar-refractivity contribution in [2.75, 3.05) is 31.7 Å². The maximum Gasteiger partial charge on any atom is 0.120 e. The van der Waals surface area contributed by atoms with Gasteiger partial charge in [0.2, 0.25) is 0 Å². The topological polar surface area (TPSA) is 34.1 Å². The van der Waals surface area contributed by atoms with Gasteiger partial charge in [-0.05, 0) is 49.6 Å². The highest BCUT2D eigenvalue weighted by atomic mass is 16.5. The molecule has 0 spiro atoms. The molecule has 0 saturated carbocycles. The smallest absolute Gasteiger partial charge is 0.120 e. The molecule has 152 valence electrons. The van der Waals surface area contributed by atoms with Crippen LogP contribution in [0.15, 0.2) is 53.5 Å². The summed E-state index contributed by atoms with van der Waals surface area (Å²) in [4.78, 5) is 6.96. The summed E-state index contributed by atoms with van der Waals surface area (Å²) in [7, 11) is 1.70. The van der Waals surface area contributed by atoms with E-state index in [1.54, 1.807) is 7.11 Å². The van der Waals surface area contributed by atoms with E-state index in [1.165, 1.54) is 17.0 Å². The fraction of sp³-hybridized carbons (Fsp3) is 0.458. The highest BCUT2D eigenvalue weighted by Crippen LogP contribution is 2.23. The summed E-state index contributed by atoms with van der Waals surface area (Å²) >= 11 is 0. The van der Waals surface area contributed by atoms with Crippen LogP contribution in [0.2, 0.25) is 0 Å². The molecule has 0 unspecified atom stereocenters. The van der Waals surface area contributed by atoms with E-state index in [2.05, 4.69) is 54.9 Å². The summed E-state index contributed by atoms with van der Waals surface area (Å²) in [5.41, 5.74) is 3.71. The third-order valence-electron chi connectivity index (χ3n) is 4.74. The molecule has 4 heteroatoms. The van der Waals surface area contributed by atoms with Crippen molar-refractivity contribution in [2.45, 2.75) is 46.6 Å². The number of methoxy groups -OCH3 is 1. The normalized spacial score (nSPS) is 11.4. The molecule has 0 saturated heterocycles. The number of hydrogen-bond donors (Lipinski definition) is 0. The Bertz CT molecular complexity index is 726. The highest BCUT2D eigenvalue weighted by molar-refractivity contribution is 5.84. The van der Waals surface area contributed by atoms with Crippen LogP contribution >= 0.6 is 0 Å². The third-order valence-corrected chi connectivity index (χ3v) is 4.74. The van der Waals surface area contributed by atoms with E-state index in [4.69, 9.17) is 9.47 Å². The molecule has 0 heterocycles. The molecular weight excluding hydrogens is 348 g/mol. The van der Waals surface area contributed by atoms with Gasteiger partial charge in [0.15, 0.2) is 0 Å². The number of anilines is 1. The third kappa shape index (κ3) is 6.91. The zero-order chi connectivity index (χ0) is 20.2. The van der Waals surface area contributed by atoms with Crippen molar-refractivity contribution in [2.24, 2.45) is 4.99 Å². The Balaban J connectivity index is 1.89. The van der Waals surface area contributed by atoms with E-state index in [1.807, 2.05) is 24.3 Å². The van der Waals surface area contributed by atoms with Crippen LogP contribution in [0.1, 0.15) is 45.6 Å². The Morgan fingerprint density at radius 1 is 1.00 bits per heavy atom. The van der Waals surface area contributed by atoms with Crippen molar-refractivity contribution >= 4 is 11.4 Å². The lowest BCUT2D eigenvalue weighted by molar-refractivity contribution is 0.328. The van der Waals surface area contributed by atoms with Crippen molar-refractivity contribution in [3.05, 3.63) is 54.1 Å². The van der Waals surface area contributed by atoms with E-state index < -0.39 is 0 Å². The Labute approximate surface area is 170 Å². The van der Waals surface area contributed by atoms with E-state index in [0.29, 0.717) is 6.61 Å². The Morgan fingerprint density at radius 3 is 2.43 bits per heavy atom. The maximum absolute atomic E-state index is 5.84. The summed E-state index contributed by atoms with van der Waals surface area (Å²) < 4.78 is 11.2. The van der Waals surface area contributed by atoms with Gasteiger partial charge in [0.25, 0.3) is 0 Å². The molecule has 0 radical (unpaired) electrons. The number of ether oxygens (including phenoxy) is 2. The van der Waals surface area contributed by atoms with Gasteiger partial charge in [0.05, 0.1) is 13.7 Å². The first-order valence-corrected chi connectivity index (χ1v) is 10.3. The Kier molecular flexibility index (Phi) is 9.40. The average Bonchev–Trinajstić information content (AvgIpc) is 2.75. The summed E-state index contributed by atoms with van der Waals surface area (Å²) in [5.74, 6) is 1.78. The van der Waals surface area contributed by atoms with Gasteiger partial charge < -0.3 is 14.4 Å². The van der Waals surface area contributed by atoms with Crippen molar-refractivity contribution in [1.82, 2.24) is 0 Å². The predicted molar refractivity (Wildman–Crippen MR) is 119 cm³/mol. The number of hydrogen-bond acceptors (Lipinski definition) is 4. The molecule has 0 fully saturated rings. The van der Waals surface area contributed by atoms with Crippen LogP contribution in [0, 0.1) is 0 Å². The quantitative estimate of drug-likeness (QED) is 0.346. The first-order chi connectivity index (χ1) is 13.7. The zero-order valence-corrected chi connectivity index (χ0v) is 17.8. The lowest BCUT2D eigenvalue weighted by Crippen LogP contribution is -2.21. The second kappa shape index (κ2) is 12.1. The van der Waals surface area contributed by atoms with Crippen LogP contribution in [-0.4, -0.2) is 32.5 Å². The molecule has 0 bridgehead atoms. The molecule has 4 nitrogen and oxygen atoms in total. The zero-order valence-electron chi connectivity index (χ0n) is 17.8. The second-order valence-corrected chi connectivity index (χ2v) is 6.76. The molecule has 2 aromatic carbocycles. The lowest BCUT2D eigenvalue weighted by Gasteiger charge is -2.23. The average molecular weight is 383 g/mol. The Hall–Kier alpha value is -2.49. The van der Waals surface area contributed by atoms with Crippen LogP contribution in [0.4, 0.5) is 5.69 Å². The first kappa shape index (κ1) is 21.8. The standard InChI is InChI=1S/C24H34N2O2/c1-5-9-21(6-2)25-16-17-28-23-14-12-20(13-15-23)19-26(7-3)22-10-8-11-24(18-22)27-4/h8,10-15,18H,5-7,9,16-17,19H2,1-4H3. The van der Waals surface area contributed by atoms with Crippen LogP contribution in [0.25, 0.3) is 0 Å². The van der Waals surface area contributed by atoms with Crippen molar-refractivity contribution in [1.29, 1.82) is 0 Å². The minimum atomic E-state index is 0.622. The van der Waals surface area contributed by atoms with E-state index in [0.717, 1.165) is 50.4 Å². The van der Waals surface area contributed by atoms with Crippen LogP contribution in [0.5, 0.6) is 11.5 Å². The van der Waals surface area contributed by atoms with Gasteiger partial charge in [-0.15, -0.1) is 0 Å². The number of aliphatic imine (C=N–C) groups is 1. The second-order valence-electron chi connectivity index (χ2n) is 6.76. The molecule has 0 aliphatic rings. The van der Waals surface area contributed by atoms with Crippen LogP contribution in [-0.2, 0) is 6.54 Å².